The second-order valence-electron chi connectivity index (χ2n) is 7.27. The fourth-order valence-corrected chi connectivity index (χ4v) is 6.49. The Morgan fingerprint density at radius 3 is 1.59 bits per heavy atom. The van der Waals surface area contributed by atoms with E-state index in [0.29, 0.717) is 5.88 Å². The molecule has 0 bridgehead atoms. The van der Waals surface area contributed by atoms with Crippen molar-refractivity contribution in [2.75, 3.05) is 20.0 Å². The summed E-state index contributed by atoms with van der Waals surface area (Å²) in [7, 11) is 3.35. The molecule has 0 aromatic heterocycles. The predicted octanol–water partition coefficient (Wildman–Crippen LogP) is 6.57. The van der Waals surface area contributed by atoms with Gasteiger partial charge in [0.05, 0.1) is 18.0 Å². The molecule has 1 fully saturated rings. The number of alkyl halides is 1. The molecular formula is C24H26ClN2OP. The second kappa shape index (κ2) is 9.38. The Balaban J connectivity index is 1.68. The summed E-state index contributed by atoms with van der Waals surface area (Å²) < 4.78 is 11.4. The molecule has 4 rings (SSSR count). The maximum atomic E-state index is 6.66. The highest BCUT2D eigenvalue weighted by Crippen LogP contribution is 2.64. The zero-order valence-corrected chi connectivity index (χ0v) is 18.4. The molecule has 0 aliphatic carbocycles. The molecule has 3 aromatic rings. The van der Waals surface area contributed by atoms with Gasteiger partial charge >= 0.3 is 0 Å². The van der Waals surface area contributed by atoms with Crippen LogP contribution in [0.2, 0.25) is 0 Å². The summed E-state index contributed by atoms with van der Waals surface area (Å²) in [6, 6.07) is 32.1. The monoisotopic (exact) mass is 424 g/mol. The van der Waals surface area contributed by atoms with Crippen molar-refractivity contribution < 1.29 is 4.52 Å². The van der Waals surface area contributed by atoms with E-state index >= 15 is 0 Å². The molecule has 0 spiro atoms. The van der Waals surface area contributed by atoms with Gasteiger partial charge in [0.15, 0.2) is 8.45 Å². The van der Waals surface area contributed by atoms with Crippen LogP contribution in [-0.2, 0) is 4.52 Å². The molecule has 1 aliphatic rings. The van der Waals surface area contributed by atoms with E-state index in [0.717, 1.165) is 5.56 Å². The number of halogens is 1. The quantitative estimate of drug-likeness (QED) is 0.329. The molecule has 0 N–H and O–H groups in total. The SMILES string of the molecule is CN1[C@H](c2ccccc2)[C@@H](c2ccccc2)N(C)P1O[C@@H](CCl)c1ccccc1. The van der Waals surface area contributed by atoms with Crippen LogP contribution in [0.3, 0.4) is 0 Å². The molecular weight excluding hydrogens is 399 g/mol. The van der Waals surface area contributed by atoms with Crippen molar-refractivity contribution in [3.63, 3.8) is 0 Å². The molecule has 5 heteroatoms. The lowest BCUT2D eigenvalue weighted by Gasteiger charge is -2.29. The number of hydrogen-bond donors (Lipinski definition) is 0. The molecule has 3 atom stereocenters. The minimum atomic E-state index is -0.980. The highest BCUT2D eigenvalue weighted by atomic mass is 35.5. The number of benzene rings is 3. The van der Waals surface area contributed by atoms with E-state index in [1.54, 1.807) is 0 Å². The highest BCUT2D eigenvalue weighted by molar-refractivity contribution is 7.47. The van der Waals surface area contributed by atoms with Gasteiger partial charge in [0.1, 0.15) is 6.10 Å². The molecule has 1 aliphatic heterocycles. The van der Waals surface area contributed by atoms with E-state index in [-0.39, 0.29) is 18.2 Å². The Labute approximate surface area is 179 Å². The zero-order valence-electron chi connectivity index (χ0n) is 16.7. The Kier molecular flexibility index (Phi) is 6.64. The molecule has 3 aromatic carbocycles. The Morgan fingerprint density at radius 2 is 1.17 bits per heavy atom. The van der Waals surface area contributed by atoms with Gasteiger partial charge in [-0.3, -0.25) is 0 Å². The normalized spacial score (nSPS) is 22.0. The van der Waals surface area contributed by atoms with Crippen molar-refractivity contribution >= 4 is 20.1 Å². The summed E-state index contributed by atoms with van der Waals surface area (Å²) in [5.41, 5.74) is 3.71. The Bertz CT molecular complexity index is 845. The largest absolute Gasteiger partial charge is 0.322 e. The van der Waals surface area contributed by atoms with E-state index in [4.69, 9.17) is 16.1 Å². The van der Waals surface area contributed by atoms with Crippen molar-refractivity contribution in [3.05, 3.63) is 108 Å². The van der Waals surface area contributed by atoms with E-state index in [9.17, 15) is 0 Å². The molecule has 150 valence electrons. The summed E-state index contributed by atoms with van der Waals surface area (Å²) in [5, 5.41) is 0. The van der Waals surface area contributed by atoms with Crippen LogP contribution < -0.4 is 0 Å². The van der Waals surface area contributed by atoms with E-state index in [2.05, 4.69) is 96.2 Å². The lowest BCUT2D eigenvalue weighted by molar-refractivity contribution is 0.226. The van der Waals surface area contributed by atoms with Gasteiger partial charge in [0, 0.05) is 0 Å². The second-order valence-corrected chi connectivity index (χ2v) is 9.56. The van der Waals surface area contributed by atoms with Crippen LogP contribution in [0, 0.1) is 0 Å². The number of hydrogen-bond acceptors (Lipinski definition) is 3. The van der Waals surface area contributed by atoms with Crippen LogP contribution in [0.4, 0.5) is 0 Å². The maximum Gasteiger partial charge on any atom is 0.189 e. The fourth-order valence-electron chi connectivity index (χ4n) is 4.05. The average molecular weight is 425 g/mol. The fraction of sp³-hybridized carbons (Fsp3) is 0.250. The predicted molar refractivity (Wildman–Crippen MR) is 122 cm³/mol. The smallest absolute Gasteiger partial charge is 0.189 e. The van der Waals surface area contributed by atoms with Gasteiger partial charge in [-0.2, -0.15) is 0 Å². The summed E-state index contributed by atoms with van der Waals surface area (Å²) in [5.74, 6) is 0.427. The molecule has 3 nitrogen and oxygen atoms in total. The number of likely N-dealkylation sites (N-methyl/N-ethyl adjacent to an activating group) is 2. The summed E-state index contributed by atoms with van der Waals surface area (Å²) >= 11 is 6.33. The van der Waals surface area contributed by atoms with Gasteiger partial charge in [0.2, 0.25) is 0 Å². The standard InChI is InChI=1S/C24H26ClN2OP/c1-26-23(20-14-8-4-9-15-20)24(21-16-10-5-11-17-21)27(2)29(26)28-22(18-25)19-12-6-3-7-13-19/h3-17,22-24H,18H2,1-2H3/t22-,23+,24+/m0/s1. The molecule has 0 unspecified atom stereocenters. The summed E-state index contributed by atoms with van der Waals surface area (Å²) in [4.78, 5) is 0. The molecule has 0 amide bonds. The lowest BCUT2D eigenvalue weighted by Crippen LogP contribution is -2.20. The summed E-state index contributed by atoms with van der Waals surface area (Å²) in [6.45, 7) is 0. The molecule has 1 heterocycles. The Hall–Kier alpha value is -1.74. The van der Waals surface area contributed by atoms with Crippen LogP contribution in [-0.4, -0.2) is 29.3 Å². The third-order valence-electron chi connectivity index (χ3n) is 5.46. The topological polar surface area (TPSA) is 15.7 Å². The number of rotatable bonds is 6. The van der Waals surface area contributed by atoms with Crippen molar-refractivity contribution in [1.29, 1.82) is 0 Å². The average Bonchev–Trinajstić information content (AvgIpc) is 3.03. The zero-order chi connectivity index (χ0) is 20.2. The number of nitrogens with zero attached hydrogens (tertiary/aromatic N) is 2. The third kappa shape index (κ3) is 4.26. The van der Waals surface area contributed by atoms with Gasteiger partial charge in [0.25, 0.3) is 0 Å². The summed E-state index contributed by atoms with van der Waals surface area (Å²) in [6.07, 6.45) is -0.139. The van der Waals surface area contributed by atoms with Crippen LogP contribution in [0.5, 0.6) is 0 Å². The maximum absolute atomic E-state index is 6.66. The molecule has 1 saturated heterocycles. The van der Waals surface area contributed by atoms with Crippen molar-refractivity contribution in [2.24, 2.45) is 0 Å². The van der Waals surface area contributed by atoms with Gasteiger partial charge in [-0.1, -0.05) is 91.0 Å². The van der Waals surface area contributed by atoms with Gasteiger partial charge in [-0.05, 0) is 30.8 Å². The first-order valence-corrected chi connectivity index (χ1v) is 11.5. The first-order chi connectivity index (χ1) is 14.2. The Morgan fingerprint density at radius 1 is 0.759 bits per heavy atom. The lowest BCUT2D eigenvalue weighted by atomic mass is 9.93. The van der Waals surface area contributed by atoms with E-state index in [1.807, 2.05) is 18.2 Å². The van der Waals surface area contributed by atoms with Crippen molar-refractivity contribution in [1.82, 2.24) is 9.34 Å². The highest BCUT2D eigenvalue weighted by Gasteiger charge is 2.47. The van der Waals surface area contributed by atoms with Crippen LogP contribution in [0.1, 0.15) is 34.9 Å². The first kappa shape index (κ1) is 20.5. The van der Waals surface area contributed by atoms with Crippen LogP contribution >= 0.6 is 20.1 Å². The van der Waals surface area contributed by atoms with Crippen molar-refractivity contribution in [3.8, 4) is 0 Å². The van der Waals surface area contributed by atoms with Crippen LogP contribution in [0.25, 0.3) is 0 Å². The third-order valence-corrected chi connectivity index (χ3v) is 7.76. The molecule has 29 heavy (non-hydrogen) atoms. The van der Waals surface area contributed by atoms with Gasteiger partial charge in [-0.15, -0.1) is 11.6 Å². The molecule has 0 saturated carbocycles. The minimum Gasteiger partial charge on any atom is -0.322 e. The van der Waals surface area contributed by atoms with E-state index in [1.165, 1.54) is 11.1 Å². The minimum absolute atomic E-state index is 0.139. The van der Waals surface area contributed by atoms with Crippen molar-refractivity contribution in [2.45, 2.75) is 18.2 Å². The van der Waals surface area contributed by atoms with Crippen LogP contribution in [0.15, 0.2) is 91.0 Å². The van der Waals surface area contributed by atoms with Gasteiger partial charge in [-0.25, -0.2) is 9.34 Å². The van der Waals surface area contributed by atoms with Gasteiger partial charge < -0.3 is 4.52 Å². The first-order valence-electron chi connectivity index (χ1n) is 9.84. The van der Waals surface area contributed by atoms with E-state index < -0.39 is 8.45 Å². The molecule has 0 radical (unpaired) electrons.